The van der Waals surface area contributed by atoms with Crippen molar-refractivity contribution < 1.29 is 14.4 Å². The SMILES string of the molecule is NC(=O)CSc1ccccc1C(=O)Nc1cccc(N2CCCC2=O)c1. The minimum absolute atomic E-state index is 0.0988. The minimum Gasteiger partial charge on any atom is -0.369 e. The van der Waals surface area contributed by atoms with Crippen molar-refractivity contribution in [1.29, 1.82) is 0 Å². The summed E-state index contributed by atoms with van der Waals surface area (Å²) in [6.45, 7) is 0.697. The molecule has 1 aliphatic heterocycles. The molecule has 0 saturated carbocycles. The minimum atomic E-state index is -0.437. The summed E-state index contributed by atoms with van der Waals surface area (Å²) in [4.78, 5) is 38.0. The molecule has 7 heteroatoms. The molecular weight excluding hydrogens is 350 g/mol. The van der Waals surface area contributed by atoms with Crippen molar-refractivity contribution >= 4 is 40.9 Å². The Hall–Kier alpha value is -2.80. The second-order valence-electron chi connectivity index (χ2n) is 5.90. The molecule has 6 nitrogen and oxygen atoms in total. The number of rotatable bonds is 6. The third-order valence-electron chi connectivity index (χ3n) is 3.99. The standard InChI is InChI=1S/C19H19N3O3S/c20-17(23)12-26-16-8-2-1-7-15(16)19(25)21-13-5-3-6-14(11-13)22-10-4-9-18(22)24/h1-3,5-8,11H,4,9-10,12H2,(H2,20,23)(H,21,25). The molecular formula is C19H19N3O3S. The average molecular weight is 369 g/mol. The van der Waals surface area contributed by atoms with E-state index in [2.05, 4.69) is 5.32 Å². The van der Waals surface area contributed by atoms with Gasteiger partial charge in [0.1, 0.15) is 0 Å². The fourth-order valence-corrected chi connectivity index (χ4v) is 3.59. The van der Waals surface area contributed by atoms with Gasteiger partial charge in [-0.25, -0.2) is 0 Å². The number of thioether (sulfide) groups is 1. The zero-order chi connectivity index (χ0) is 18.5. The second-order valence-corrected chi connectivity index (χ2v) is 6.92. The largest absolute Gasteiger partial charge is 0.369 e. The lowest BCUT2D eigenvalue weighted by atomic mass is 10.2. The van der Waals surface area contributed by atoms with Gasteiger partial charge in [-0.15, -0.1) is 11.8 Å². The van der Waals surface area contributed by atoms with Crippen LogP contribution in [0.15, 0.2) is 53.4 Å². The van der Waals surface area contributed by atoms with Crippen LogP contribution in [0.5, 0.6) is 0 Å². The fourth-order valence-electron chi connectivity index (χ4n) is 2.80. The summed E-state index contributed by atoms with van der Waals surface area (Å²) in [7, 11) is 0. The van der Waals surface area contributed by atoms with Gasteiger partial charge in [0.15, 0.2) is 0 Å². The summed E-state index contributed by atoms with van der Waals surface area (Å²) < 4.78 is 0. The number of anilines is 2. The maximum atomic E-state index is 12.7. The van der Waals surface area contributed by atoms with E-state index in [1.165, 1.54) is 11.8 Å². The summed E-state index contributed by atoms with van der Waals surface area (Å²) in [5.41, 5.74) is 7.05. The quantitative estimate of drug-likeness (QED) is 0.766. The average Bonchev–Trinajstić information content (AvgIpc) is 3.06. The molecule has 3 N–H and O–H groups in total. The normalized spacial score (nSPS) is 13.7. The van der Waals surface area contributed by atoms with Crippen molar-refractivity contribution in [3.63, 3.8) is 0 Å². The number of benzene rings is 2. The fraction of sp³-hybridized carbons (Fsp3) is 0.211. The number of hydrogen-bond donors (Lipinski definition) is 2. The molecule has 134 valence electrons. The van der Waals surface area contributed by atoms with Crippen LogP contribution >= 0.6 is 11.8 Å². The lowest BCUT2D eigenvalue weighted by molar-refractivity contribution is -0.117. The van der Waals surface area contributed by atoms with Gasteiger partial charge < -0.3 is 16.0 Å². The summed E-state index contributed by atoms with van der Waals surface area (Å²) in [5, 5.41) is 2.86. The van der Waals surface area contributed by atoms with Gasteiger partial charge in [-0.3, -0.25) is 14.4 Å². The first-order chi connectivity index (χ1) is 12.5. The van der Waals surface area contributed by atoms with Crippen LogP contribution < -0.4 is 16.0 Å². The summed E-state index contributed by atoms with van der Waals surface area (Å²) in [5.74, 6) is -0.506. The van der Waals surface area contributed by atoms with E-state index in [0.29, 0.717) is 29.1 Å². The van der Waals surface area contributed by atoms with Crippen LogP contribution in [0.2, 0.25) is 0 Å². The van der Waals surface area contributed by atoms with E-state index in [0.717, 1.165) is 12.1 Å². The highest BCUT2D eigenvalue weighted by atomic mass is 32.2. The molecule has 1 fully saturated rings. The molecule has 0 spiro atoms. The highest BCUT2D eigenvalue weighted by Crippen LogP contribution is 2.26. The molecule has 3 rings (SSSR count). The van der Waals surface area contributed by atoms with Gasteiger partial charge in [0.25, 0.3) is 5.91 Å². The zero-order valence-electron chi connectivity index (χ0n) is 14.1. The maximum Gasteiger partial charge on any atom is 0.256 e. The number of amides is 3. The van der Waals surface area contributed by atoms with Crippen molar-refractivity contribution in [2.24, 2.45) is 5.73 Å². The van der Waals surface area contributed by atoms with Crippen LogP contribution in [0.25, 0.3) is 0 Å². The smallest absolute Gasteiger partial charge is 0.256 e. The Morgan fingerprint density at radius 3 is 2.69 bits per heavy atom. The van der Waals surface area contributed by atoms with Gasteiger partial charge in [-0.05, 0) is 36.8 Å². The molecule has 2 aromatic rings. The number of primary amides is 1. The summed E-state index contributed by atoms with van der Waals surface area (Å²) >= 11 is 1.23. The van der Waals surface area contributed by atoms with Crippen molar-refractivity contribution in [3.8, 4) is 0 Å². The molecule has 0 unspecified atom stereocenters. The molecule has 0 aromatic heterocycles. The first-order valence-electron chi connectivity index (χ1n) is 8.26. The van der Waals surface area contributed by atoms with E-state index < -0.39 is 5.91 Å². The first kappa shape index (κ1) is 18.0. The zero-order valence-corrected chi connectivity index (χ0v) is 14.9. The van der Waals surface area contributed by atoms with E-state index in [-0.39, 0.29) is 17.6 Å². The number of nitrogens with zero attached hydrogens (tertiary/aromatic N) is 1. The Labute approximate surface area is 155 Å². The van der Waals surface area contributed by atoms with Crippen molar-refractivity contribution in [2.75, 3.05) is 22.5 Å². The topological polar surface area (TPSA) is 92.5 Å². The van der Waals surface area contributed by atoms with E-state index in [1.54, 1.807) is 41.3 Å². The highest BCUT2D eigenvalue weighted by molar-refractivity contribution is 8.00. The molecule has 0 bridgehead atoms. The Morgan fingerprint density at radius 1 is 1.15 bits per heavy atom. The number of nitrogens with one attached hydrogen (secondary N) is 1. The van der Waals surface area contributed by atoms with Crippen molar-refractivity contribution in [2.45, 2.75) is 17.7 Å². The summed E-state index contributed by atoms with van der Waals surface area (Å²) in [6, 6.07) is 14.3. The van der Waals surface area contributed by atoms with Crippen LogP contribution in [0, 0.1) is 0 Å². The predicted octanol–water partition coefficient (Wildman–Crippen LogP) is 2.64. The number of nitrogens with two attached hydrogens (primary N) is 1. The molecule has 0 aliphatic carbocycles. The number of hydrogen-bond acceptors (Lipinski definition) is 4. The monoisotopic (exact) mass is 369 g/mol. The Balaban J connectivity index is 1.76. The van der Waals surface area contributed by atoms with Crippen LogP contribution in [-0.4, -0.2) is 30.0 Å². The lowest BCUT2D eigenvalue weighted by Gasteiger charge is -2.17. The summed E-state index contributed by atoms with van der Waals surface area (Å²) in [6.07, 6.45) is 1.40. The molecule has 0 atom stereocenters. The first-order valence-corrected chi connectivity index (χ1v) is 9.25. The Morgan fingerprint density at radius 2 is 1.96 bits per heavy atom. The van der Waals surface area contributed by atoms with Crippen molar-refractivity contribution in [1.82, 2.24) is 0 Å². The molecule has 0 radical (unpaired) electrons. The van der Waals surface area contributed by atoms with Gasteiger partial charge in [0, 0.05) is 29.2 Å². The van der Waals surface area contributed by atoms with E-state index in [4.69, 9.17) is 5.73 Å². The van der Waals surface area contributed by atoms with Crippen LogP contribution in [-0.2, 0) is 9.59 Å². The maximum absolute atomic E-state index is 12.7. The highest BCUT2D eigenvalue weighted by Gasteiger charge is 2.22. The van der Waals surface area contributed by atoms with Gasteiger partial charge >= 0.3 is 0 Å². The van der Waals surface area contributed by atoms with Gasteiger partial charge in [0.05, 0.1) is 11.3 Å². The molecule has 3 amide bonds. The van der Waals surface area contributed by atoms with Gasteiger partial charge in [-0.2, -0.15) is 0 Å². The van der Waals surface area contributed by atoms with E-state index in [9.17, 15) is 14.4 Å². The van der Waals surface area contributed by atoms with Crippen LogP contribution in [0.3, 0.4) is 0 Å². The van der Waals surface area contributed by atoms with E-state index in [1.807, 2.05) is 12.1 Å². The number of carbonyl (C=O) groups is 3. The lowest BCUT2D eigenvalue weighted by Crippen LogP contribution is -2.23. The predicted molar refractivity (Wildman–Crippen MR) is 102 cm³/mol. The van der Waals surface area contributed by atoms with Crippen molar-refractivity contribution in [3.05, 3.63) is 54.1 Å². The molecule has 1 aliphatic rings. The molecule has 2 aromatic carbocycles. The van der Waals surface area contributed by atoms with Gasteiger partial charge in [0.2, 0.25) is 11.8 Å². The molecule has 1 heterocycles. The van der Waals surface area contributed by atoms with E-state index >= 15 is 0 Å². The second kappa shape index (κ2) is 8.05. The third-order valence-corrected chi connectivity index (χ3v) is 5.09. The van der Waals surface area contributed by atoms with Gasteiger partial charge in [-0.1, -0.05) is 18.2 Å². The molecule has 1 saturated heterocycles. The van der Waals surface area contributed by atoms with Crippen LogP contribution in [0.1, 0.15) is 23.2 Å². The Kier molecular flexibility index (Phi) is 5.58. The third kappa shape index (κ3) is 4.23. The van der Waals surface area contributed by atoms with Crippen LogP contribution in [0.4, 0.5) is 11.4 Å². The molecule has 26 heavy (non-hydrogen) atoms. The Bertz CT molecular complexity index is 853. The number of carbonyl (C=O) groups excluding carboxylic acids is 3.